The van der Waals surface area contributed by atoms with E-state index in [0.717, 1.165) is 41.9 Å². The Hall–Kier alpha value is -2.57. The van der Waals surface area contributed by atoms with Crippen LogP contribution in [0.5, 0.6) is 0 Å². The van der Waals surface area contributed by atoms with Crippen LogP contribution in [0.15, 0.2) is 52.3 Å². The van der Waals surface area contributed by atoms with Crippen LogP contribution in [0.4, 0.5) is 10.8 Å². The Balaban J connectivity index is 1.93. The predicted octanol–water partition coefficient (Wildman–Crippen LogP) is 2.41. The van der Waals surface area contributed by atoms with Gasteiger partial charge >= 0.3 is 0 Å². The maximum atomic E-state index is 12.4. The summed E-state index contributed by atoms with van der Waals surface area (Å²) in [6.45, 7) is 0. The molecule has 1 N–H and O–H groups in total. The Labute approximate surface area is 152 Å². The van der Waals surface area contributed by atoms with E-state index in [4.69, 9.17) is 0 Å². The molecule has 0 aliphatic rings. The van der Waals surface area contributed by atoms with E-state index in [1.54, 1.807) is 0 Å². The summed E-state index contributed by atoms with van der Waals surface area (Å²) >= 11 is 0.983. The number of hydrogen-bond donors (Lipinski definition) is 1. The van der Waals surface area contributed by atoms with Gasteiger partial charge in [-0.2, -0.15) is 0 Å². The molecule has 0 bridgehead atoms. The van der Waals surface area contributed by atoms with Gasteiger partial charge in [0, 0.05) is 18.4 Å². The fourth-order valence-corrected chi connectivity index (χ4v) is 4.96. The molecule has 0 radical (unpaired) electrons. The number of aromatic nitrogens is 1. The van der Waals surface area contributed by atoms with E-state index >= 15 is 0 Å². The van der Waals surface area contributed by atoms with E-state index in [2.05, 4.69) is 9.71 Å². The first-order valence-electron chi connectivity index (χ1n) is 6.94. The third kappa shape index (κ3) is 3.66. The molecule has 2 aromatic carbocycles. The number of nitro benzene ring substituents is 1. The maximum absolute atomic E-state index is 12.4. The van der Waals surface area contributed by atoms with Crippen LogP contribution in [0, 0.1) is 10.1 Å². The average Bonchev–Trinajstić information content (AvgIpc) is 2.94. The molecule has 3 rings (SSSR count). The highest BCUT2D eigenvalue weighted by molar-refractivity contribution is 7.93. The molecule has 0 saturated heterocycles. The van der Waals surface area contributed by atoms with Crippen LogP contribution in [0.1, 0.15) is 0 Å². The second-order valence-electron chi connectivity index (χ2n) is 5.28. The zero-order chi connectivity index (χ0) is 19.1. The molecule has 0 amide bonds. The molecule has 9 nitrogen and oxygen atoms in total. The number of sulfone groups is 1. The lowest BCUT2D eigenvalue weighted by atomic mass is 10.3. The first-order valence-corrected chi connectivity index (χ1v) is 11.1. The van der Waals surface area contributed by atoms with Crippen molar-refractivity contribution in [1.82, 2.24) is 4.98 Å². The highest BCUT2D eigenvalue weighted by atomic mass is 32.2. The molecule has 1 aromatic heterocycles. The van der Waals surface area contributed by atoms with Crippen molar-refractivity contribution in [3.05, 3.63) is 52.6 Å². The maximum Gasteiger partial charge on any atom is 0.269 e. The number of benzene rings is 2. The number of sulfonamides is 1. The van der Waals surface area contributed by atoms with Crippen molar-refractivity contribution in [2.45, 2.75) is 9.79 Å². The molecule has 0 atom stereocenters. The molecule has 1 heterocycles. The Morgan fingerprint density at radius 2 is 1.65 bits per heavy atom. The monoisotopic (exact) mass is 413 g/mol. The summed E-state index contributed by atoms with van der Waals surface area (Å²) < 4.78 is 50.7. The summed E-state index contributed by atoms with van der Waals surface area (Å²) in [5.74, 6) is 0. The highest BCUT2D eigenvalue weighted by Gasteiger charge is 2.18. The largest absolute Gasteiger partial charge is 0.269 e. The number of rotatable bonds is 5. The lowest BCUT2D eigenvalue weighted by Gasteiger charge is -2.04. The van der Waals surface area contributed by atoms with Gasteiger partial charge in [-0.1, -0.05) is 11.3 Å². The number of anilines is 1. The minimum atomic E-state index is -3.98. The predicted molar refractivity (Wildman–Crippen MR) is 96.6 cm³/mol. The topological polar surface area (TPSA) is 136 Å². The van der Waals surface area contributed by atoms with Crippen LogP contribution in [0.3, 0.4) is 0 Å². The van der Waals surface area contributed by atoms with E-state index in [1.165, 1.54) is 18.2 Å². The molecule has 0 aliphatic carbocycles. The number of nitrogens with one attached hydrogen (secondary N) is 1. The molecule has 12 heteroatoms. The number of fused-ring (bicyclic) bond motifs is 1. The third-order valence-electron chi connectivity index (χ3n) is 3.37. The second-order valence-corrected chi connectivity index (χ2v) is 10.0. The number of nitro groups is 1. The first kappa shape index (κ1) is 18.2. The highest BCUT2D eigenvalue weighted by Crippen LogP contribution is 2.29. The van der Waals surface area contributed by atoms with Crippen LogP contribution in [-0.4, -0.2) is 33.0 Å². The molecule has 0 spiro atoms. The number of hydrogen-bond acceptors (Lipinski definition) is 8. The Kier molecular flexibility index (Phi) is 4.42. The number of nitrogens with zero attached hydrogens (tertiary/aromatic N) is 2. The molecule has 0 saturated carbocycles. The minimum absolute atomic E-state index is 0.0593. The Morgan fingerprint density at radius 3 is 2.23 bits per heavy atom. The second kappa shape index (κ2) is 6.30. The smallest absolute Gasteiger partial charge is 0.258 e. The fourth-order valence-electron chi connectivity index (χ4n) is 2.10. The van der Waals surface area contributed by atoms with Gasteiger partial charge in [-0.3, -0.25) is 14.8 Å². The van der Waals surface area contributed by atoms with Gasteiger partial charge in [-0.15, -0.1) is 0 Å². The Morgan fingerprint density at radius 1 is 1.04 bits per heavy atom. The molecular formula is C14H11N3O6S3. The van der Waals surface area contributed by atoms with Gasteiger partial charge in [0.2, 0.25) is 0 Å². The summed E-state index contributed by atoms with van der Waals surface area (Å²) in [5, 5.41) is 10.7. The van der Waals surface area contributed by atoms with Gasteiger partial charge in [-0.05, 0) is 30.3 Å². The lowest BCUT2D eigenvalue weighted by molar-refractivity contribution is -0.384. The van der Waals surface area contributed by atoms with Gasteiger partial charge in [0.25, 0.3) is 15.7 Å². The van der Waals surface area contributed by atoms with Crippen molar-refractivity contribution < 1.29 is 21.8 Å². The van der Waals surface area contributed by atoms with Gasteiger partial charge in [0.15, 0.2) is 15.0 Å². The van der Waals surface area contributed by atoms with Crippen molar-refractivity contribution in [1.29, 1.82) is 0 Å². The van der Waals surface area contributed by atoms with Crippen LogP contribution in [0.2, 0.25) is 0 Å². The van der Waals surface area contributed by atoms with E-state index in [1.807, 2.05) is 0 Å². The van der Waals surface area contributed by atoms with E-state index in [9.17, 15) is 26.9 Å². The zero-order valence-corrected chi connectivity index (χ0v) is 15.6. The number of non-ortho nitro benzene ring substituents is 1. The van der Waals surface area contributed by atoms with Crippen LogP contribution < -0.4 is 4.72 Å². The lowest BCUT2D eigenvalue weighted by Crippen LogP contribution is -2.12. The summed E-state index contributed by atoms with van der Waals surface area (Å²) in [6.07, 6.45) is 1.08. The summed E-state index contributed by atoms with van der Waals surface area (Å²) in [6, 6.07) is 8.73. The summed E-state index contributed by atoms with van der Waals surface area (Å²) in [4.78, 5) is 14.1. The normalized spacial score (nSPS) is 12.2. The Bertz CT molecular complexity index is 1210. The van der Waals surface area contributed by atoms with Gasteiger partial charge in [0.1, 0.15) is 0 Å². The van der Waals surface area contributed by atoms with Crippen LogP contribution >= 0.6 is 11.3 Å². The summed E-state index contributed by atoms with van der Waals surface area (Å²) in [7, 11) is -7.37. The molecule has 0 aliphatic heterocycles. The first-order chi connectivity index (χ1) is 12.1. The van der Waals surface area contributed by atoms with Crippen LogP contribution in [-0.2, 0) is 19.9 Å². The zero-order valence-electron chi connectivity index (χ0n) is 13.1. The minimum Gasteiger partial charge on any atom is -0.258 e. The van der Waals surface area contributed by atoms with Crippen molar-refractivity contribution in [2.75, 3.05) is 11.0 Å². The van der Waals surface area contributed by atoms with E-state index < -0.39 is 24.8 Å². The molecule has 0 fully saturated rings. The van der Waals surface area contributed by atoms with Crippen LogP contribution in [0.25, 0.3) is 10.2 Å². The van der Waals surface area contributed by atoms with Crippen molar-refractivity contribution in [3.63, 3.8) is 0 Å². The molecule has 26 heavy (non-hydrogen) atoms. The van der Waals surface area contributed by atoms with Gasteiger partial charge < -0.3 is 0 Å². The van der Waals surface area contributed by atoms with Gasteiger partial charge in [-0.25, -0.2) is 21.8 Å². The SMILES string of the molecule is CS(=O)(=O)c1ccc2nc(NS(=O)(=O)c3ccc([N+](=O)[O-])cc3)sc2c1. The van der Waals surface area contributed by atoms with Crippen molar-refractivity contribution in [2.24, 2.45) is 0 Å². The number of thiazole rings is 1. The van der Waals surface area contributed by atoms with Crippen molar-refractivity contribution in [3.8, 4) is 0 Å². The van der Waals surface area contributed by atoms with Crippen molar-refractivity contribution >= 4 is 52.2 Å². The van der Waals surface area contributed by atoms with Gasteiger partial charge in [0.05, 0.1) is 24.9 Å². The average molecular weight is 413 g/mol. The van der Waals surface area contributed by atoms with E-state index in [-0.39, 0.29) is 20.6 Å². The molecule has 136 valence electrons. The fraction of sp³-hybridized carbons (Fsp3) is 0.0714. The quantitative estimate of drug-likeness (QED) is 0.501. The molecule has 3 aromatic rings. The third-order valence-corrected chi connectivity index (χ3v) is 6.90. The van der Waals surface area contributed by atoms with E-state index in [0.29, 0.717) is 10.2 Å². The standard InChI is InChI=1S/C14H11N3O6S3/c1-25(20,21)11-6-7-12-13(8-11)24-14(15-12)16-26(22,23)10-4-2-9(3-5-10)17(18)19/h2-8H,1H3,(H,15,16). The molecule has 0 unspecified atom stereocenters. The summed E-state index contributed by atoms with van der Waals surface area (Å²) in [5.41, 5.74) is 0.223. The molecular weight excluding hydrogens is 402 g/mol.